The zero-order valence-electron chi connectivity index (χ0n) is 45.3. The Balaban J connectivity index is 0.00000672. The van der Waals surface area contributed by atoms with Crippen molar-refractivity contribution in [2.24, 2.45) is 0 Å². The first kappa shape index (κ1) is 52.2. The van der Waals surface area contributed by atoms with E-state index >= 15 is 0 Å². The van der Waals surface area contributed by atoms with Crippen LogP contribution in [0.15, 0.2) is 176 Å². The molecule has 0 radical (unpaired) electrons. The van der Waals surface area contributed by atoms with Gasteiger partial charge in [0.1, 0.15) is 5.82 Å². The largest absolute Gasteiger partial charge is 0.509 e. The van der Waals surface area contributed by atoms with Crippen molar-refractivity contribution in [1.82, 2.24) is 9.55 Å². The number of hydrogen-bond acceptors (Lipinski definition) is 4. The maximum atomic E-state index is 7.24. The number of hydrogen-bond donors (Lipinski definition) is 0. The Morgan fingerprint density at radius 1 is 0.500 bits per heavy atom. The van der Waals surface area contributed by atoms with Crippen molar-refractivity contribution in [2.45, 2.75) is 117 Å². The zero-order valence-corrected chi connectivity index (χ0v) is 47.6. The molecule has 0 bridgehead atoms. The molecule has 0 aliphatic carbocycles. The van der Waals surface area contributed by atoms with Crippen molar-refractivity contribution >= 4 is 38.9 Å². The van der Waals surface area contributed by atoms with Gasteiger partial charge in [0.25, 0.3) is 0 Å². The van der Waals surface area contributed by atoms with Crippen LogP contribution in [0.1, 0.15) is 135 Å². The van der Waals surface area contributed by atoms with Crippen LogP contribution in [0.4, 0.5) is 11.4 Å². The summed E-state index contributed by atoms with van der Waals surface area (Å²) in [5.74, 6) is 2.07. The molecule has 5 nitrogen and oxygen atoms in total. The van der Waals surface area contributed by atoms with E-state index in [1.165, 1.54) is 33.4 Å². The average Bonchev–Trinajstić information content (AvgIpc) is 3.97. The van der Waals surface area contributed by atoms with Gasteiger partial charge in [-0.3, -0.25) is 0 Å². The van der Waals surface area contributed by atoms with Gasteiger partial charge in [0.2, 0.25) is 0 Å². The normalized spacial score (nSPS) is 13.6. The third-order valence-corrected chi connectivity index (χ3v) is 15.0. The number of aromatic nitrogens is 2. The summed E-state index contributed by atoms with van der Waals surface area (Å²) in [6.07, 6.45) is 4.19. The molecule has 0 fully saturated rings. The topological polar surface area (TPSA) is 33.5 Å². The van der Waals surface area contributed by atoms with E-state index in [9.17, 15) is 0 Å². The summed E-state index contributed by atoms with van der Waals surface area (Å²) in [5, 5.41) is 2.31. The minimum Gasteiger partial charge on any atom is -0.509 e. The van der Waals surface area contributed by atoms with Gasteiger partial charge in [-0.15, -0.1) is 53.8 Å². The Hall–Kier alpha value is -6.68. The molecule has 380 valence electrons. The van der Waals surface area contributed by atoms with E-state index < -0.39 is 5.41 Å². The van der Waals surface area contributed by atoms with Crippen molar-refractivity contribution in [3.63, 3.8) is 0 Å². The van der Waals surface area contributed by atoms with Crippen LogP contribution in [0.25, 0.3) is 33.3 Å². The predicted molar refractivity (Wildman–Crippen MR) is 306 cm³/mol. The predicted octanol–water partition coefficient (Wildman–Crippen LogP) is 17.6. The van der Waals surface area contributed by atoms with Crippen LogP contribution in [0, 0.1) is 18.8 Å². The molecule has 0 unspecified atom stereocenters. The summed E-state index contributed by atoms with van der Waals surface area (Å²) in [7, 11) is 0. The van der Waals surface area contributed by atoms with Gasteiger partial charge >= 0.3 is 0 Å². The molecule has 1 aliphatic heterocycles. The maximum Gasteiger partial charge on any atom is 0.135 e. The third kappa shape index (κ3) is 10.0. The molecule has 0 spiro atoms. The Kier molecular flexibility index (Phi) is 13.8. The Bertz CT molecular complexity index is 3510. The maximum absolute atomic E-state index is 7.24. The van der Waals surface area contributed by atoms with Crippen molar-refractivity contribution in [1.29, 1.82) is 0 Å². The first-order chi connectivity index (χ1) is 34.6. The van der Waals surface area contributed by atoms with Gasteiger partial charge in [0.05, 0.1) is 0 Å². The molecular formula is C68H69N4OPt-3. The second-order valence-corrected chi connectivity index (χ2v) is 24.0. The summed E-state index contributed by atoms with van der Waals surface area (Å²) in [4.78, 5) is 9.57. The number of benzene rings is 7. The van der Waals surface area contributed by atoms with Crippen LogP contribution in [0.5, 0.6) is 11.5 Å². The Morgan fingerprint density at radius 3 is 1.66 bits per heavy atom. The van der Waals surface area contributed by atoms with Gasteiger partial charge < -0.3 is 19.1 Å². The van der Waals surface area contributed by atoms with Gasteiger partial charge in [0.15, 0.2) is 0 Å². The molecular weight excluding hydrogens is 1080 g/mol. The van der Waals surface area contributed by atoms with Gasteiger partial charge in [-0.05, 0) is 97.0 Å². The van der Waals surface area contributed by atoms with E-state index in [0.717, 1.165) is 55.8 Å². The molecule has 3 heterocycles. The Labute approximate surface area is 455 Å². The standard InChI is InChI=1S/C68H69N4O.Pt/c1-64(2,3)49-33-34-69-62(40-49)72-59-32-24-23-31-57(59)63-58(66(7,8)9)42-56(43-60(63)72)73-55-39-52(68(12,13)48-29-21-16-22-30-48)38-54(41-55)71-45-70(44-61(71)46-25-17-14-18-26-46)53-36-50(65(4,5)6)35-51(37-53)67(10,11)47-27-19-15-20-28-47;/h14-40,42,44-45H,1-13H3;/q-3;. The number of anilines is 2. The van der Waals surface area contributed by atoms with Crippen LogP contribution in [-0.2, 0) is 48.1 Å². The summed E-state index contributed by atoms with van der Waals surface area (Å²) < 4.78 is 9.50. The van der Waals surface area contributed by atoms with Crippen LogP contribution < -0.4 is 14.5 Å². The van der Waals surface area contributed by atoms with Crippen LogP contribution in [-0.4, -0.2) is 9.55 Å². The number of fused-ring (bicyclic) bond motifs is 3. The fourth-order valence-electron chi connectivity index (χ4n) is 10.2. The SMILES string of the molecule is CC(C)(C)c1cc(N2C=C(c3ccccc3)N(c3[c-]c(Oc4[c-]c5c(c(C(C)(C)C)c4)c4ccccc4n5-c4cc(C(C)(C)C)ccn4)cc(C(C)(C)c4ccccc4)c3)[CH-]2)cc(C(C)(C)c2ccccc2)c1.[Pt]. The minimum atomic E-state index is -0.404. The van der Waals surface area contributed by atoms with Gasteiger partial charge in [-0.25, -0.2) is 4.98 Å². The number of para-hydroxylation sites is 1. The molecule has 0 saturated heterocycles. The molecule has 0 amide bonds. The van der Waals surface area contributed by atoms with Crippen molar-refractivity contribution < 1.29 is 25.8 Å². The van der Waals surface area contributed by atoms with E-state index in [-0.39, 0.29) is 42.7 Å². The second-order valence-electron chi connectivity index (χ2n) is 24.0. The number of rotatable bonds is 10. The van der Waals surface area contributed by atoms with E-state index in [0.29, 0.717) is 11.5 Å². The number of pyridine rings is 1. The third-order valence-electron chi connectivity index (χ3n) is 15.0. The molecule has 0 N–H and O–H groups in total. The first-order valence-electron chi connectivity index (χ1n) is 25.8. The molecule has 1 aliphatic rings. The minimum absolute atomic E-state index is 0. The molecule has 2 aromatic heterocycles. The number of nitrogens with zero attached hydrogens (tertiary/aromatic N) is 4. The second kappa shape index (κ2) is 19.5. The quantitative estimate of drug-likeness (QED) is 0.128. The number of ether oxygens (including phenoxy) is 1. The van der Waals surface area contributed by atoms with Crippen LogP contribution >= 0.6 is 0 Å². The van der Waals surface area contributed by atoms with Crippen LogP contribution in [0.3, 0.4) is 0 Å². The monoisotopic (exact) mass is 1150 g/mol. The Morgan fingerprint density at radius 2 is 1.05 bits per heavy atom. The van der Waals surface area contributed by atoms with Crippen molar-refractivity contribution in [3.8, 4) is 17.3 Å². The first-order valence-corrected chi connectivity index (χ1v) is 25.8. The fourth-order valence-corrected chi connectivity index (χ4v) is 10.2. The molecule has 10 rings (SSSR count). The zero-order chi connectivity index (χ0) is 51.7. The average molecular weight is 1150 g/mol. The van der Waals surface area contributed by atoms with Crippen LogP contribution in [0.2, 0.25) is 0 Å². The smallest absolute Gasteiger partial charge is 0.135 e. The summed E-state index contributed by atoms with van der Waals surface area (Å²) in [5.41, 5.74) is 13.5. The molecule has 9 aromatic rings. The van der Waals surface area contributed by atoms with Gasteiger partial charge in [0, 0.05) is 61.1 Å². The van der Waals surface area contributed by atoms with Crippen molar-refractivity contribution in [2.75, 3.05) is 9.80 Å². The summed E-state index contributed by atoms with van der Waals surface area (Å²) >= 11 is 0. The van der Waals surface area contributed by atoms with E-state index in [1.54, 1.807) is 0 Å². The van der Waals surface area contributed by atoms with E-state index in [4.69, 9.17) is 9.72 Å². The molecule has 7 aromatic carbocycles. The van der Waals surface area contributed by atoms with Gasteiger partial charge in [-0.1, -0.05) is 216 Å². The van der Waals surface area contributed by atoms with E-state index in [1.807, 2.05) is 6.20 Å². The fraction of sp³-hybridized carbons (Fsp3) is 0.265. The van der Waals surface area contributed by atoms with E-state index in [2.05, 4.69) is 293 Å². The summed E-state index contributed by atoms with van der Waals surface area (Å²) in [6.45, 7) is 31.9. The molecule has 0 saturated carbocycles. The molecule has 0 atom stereocenters. The summed E-state index contributed by atoms with van der Waals surface area (Å²) in [6, 6.07) is 66.7. The molecule has 74 heavy (non-hydrogen) atoms. The van der Waals surface area contributed by atoms with Crippen molar-refractivity contribution in [3.05, 3.63) is 239 Å². The molecule has 6 heteroatoms. The van der Waals surface area contributed by atoms with Gasteiger partial charge in [-0.2, -0.15) is 0 Å².